The van der Waals surface area contributed by atoms with Gasteiger partial charge in [-0.1, -0.05) is 12.6 Å². The van der Waals surface area contributed by atoms with E-state index in [1.54, 1.807) is 6.20 Å². The second kappa shape index (κ2) is 6.48. The summed E-state index contributed by atoms with van der Waals surface area (Å²) in [4.78, 5) is 20.0. The summed E-state index contributed by atoms with van der Waals surface area (Å²) in [5.41, 5.74) is 1.21. The number of carbonyl (C=O) groups is 1. The third-order valence-corrected chi connectivity index (χ3v) is 3.66. The third kappa shape index (κ3) is 3.64. The Kier molecular flexibility index (Phi) is 4.68. The lowest BCUT2D eigenvalue weighted by molar-refractivity contribution is -0.128. The molecule has 1 saturated heterocycles. The summed E-state index contributed by atoms with van der Waals surface area (Å²) in [6.07, 6.45) is 7.28. The first-order chi connectivity index (χ1) is 9.20. The number of rotatable bonds is 4. The van der Waals surface area contributed by atoms with E-state index in [1.807, 2.05) is 17.2 Å². The van der Waals surface area contributed by atoms with Crippen LogP contribution in [0.1, 0.15) is 18.4 Å². The zero-order chi connectivity index (χ0) is 13.7. The van der Waals surface area contributed by atoms with Gasteiger partial charge in [0.25, 0.3) is 0 Å². The molecule has 1 atom stereocenters. The summed E-state index contributed by atoms with van der Waals surface area (Å²) in [5, 5.41) is 0. The van der Waals surface area contributed by atoms with Gasteiger partial charge in [-0.15, -0.1) is 0 Å². The molecule has 1 aromatic heterocycles. The highest BCUT2D eigenvalue weighted by molar-refractivity contribution is 5.87. The molecule has 0 aliphatic carbocycles. The number of aromatic nitrogens is 1. The Morgan fingerprint density at radius 2 is 2.53 bits per heavy atom. The van der Waals surface area contributed by atoms with E-state index in [0.29, 0.717) is 6.04 Å². The molecule has 0 aromatic carbocycles. The third-order valence-electron chi connectivity index (χ3n) is 3.66. The maximum Gasteiger partial charge on any atom is 0.246 e. The normalized spacial score (nSPS) is 19.5. The molecule has 0 spiro atoms. The molecule has 1 aliphatic heterocycles. The van der Waals surface area contributed by atoms with Gasteiger partial charge in [-0.05, 0) is 37.6 Å². The zero-order valence-electron chi connectivity index (χ0n) is 11.5. The predicted octanol–water partition coefficient (Wildman–Crippen LogP) is 1.69. The van der Waals surface area contributed by atoms with Gasteiger partial charge in [-0.2, -0.15) is 0 Å². The number of amides is 1. The molecule has 1 aliphatic rings. The molecule has 0 unspecified atom stereocenters. The fourth-order valence-electron chi connectivity index (χ4n) is 2.55. The van der Waals surface area contributed by atoms with Crippen molar-refractivity contribution in [3.63, 3.8) is 0 Å². The fraction of sp³-hybridized carbons (Fsp3) is 0.467. The first-order valence-corrected chi connectivity index (χ1v) is 6.71. The topological polar surface area (TPSA) is 36.4 Å². The molecule has 4 heteroatoms. The Labute approximate surface area is 114 Å². The van der Waals surface area contributed by atoms with Crippen LogP contribution in [-0.2, 0) is 11.3 Å². The summed E-state index contributed by atoms with van der Waals surface area (Å²) in [7, 11) is 2.11. The maximum atomic E-state index is 11.7. The van der Waals surface area contributed by atoms with Crippen molar-refractivity contribution in [3.8, 4) is 0 Å². The Balaban J connectivity index is 1.93. The monoisotopic (exact) mass is 259 g/mol. The summed E-state index contributed by atoms with van der Waals surface area (Å²) >= 11 is 0. The minimum absolute atomic E-state index is 0.0412. The summed E-state index contributed by atoms with van der Waals surface area (Å²) in [5.74, 6) is 0.0412. The average Bonchev–Trinajstić information content (AvgIpc) is 2.47. The number of carbonyl (C=O) groups excluding carboxylic acids is 1. The van der Waals surface area contributed by atoms with E-state index in [0.717, 1.165) is 32.5 Å². The van der Waals surface area contributed by atoms with Gasteiger partial charge in [-0.25, -0.2) is 0 Å². The number of piperidine rings is 1. The minimum atomic E-state index is 0.0412. The Hall–Kier alpha value is -1.68. The van der Waals surface area contributed by atoms with E-state index in [2.05, 4.69) is 29.6 Å². The van der Waals surface area contributed by atoms with Gasteiger partial charge in [0.2, 0.25) is 5.91 Å². The highest BCUT2D eigenvalue weighted by atomic mass is 16.2. The molecule has 1 fully saturated rings. The molecule has 0 bridgehead atoms. The van der Waals surface area contributed by atoms with Gasteiger partial charge in [0.15, 0.2) is 0 Å². The van der Waals surface area contributed by atoms with Crippen LogP contribution >= 0.6 is 0 Å². The molecule has 0 saturated carbocycles. The van der Waals surface area contributed by atoms with Crippen molar-refractivity contribution in [1.82, 2.24) is 14.8 Å². The molecule has 19 heavy (non-hydrogen) atoms. The fourth-order valence-corrected chi connectivity index (χ4v) is 2.55. The smallest absolute Gasteiger partial charge is 0.246 e. The van der Waals surface area contributed by atoms with Crippen LogP contribution in [0.4, 0.5) is 0 Å². The van der Waals surface area contributed by atoms with Crippen molar-refractivity contribution in [2.24, 2.45) is 0 Å². The van der Waals surface area contributed by atoms with Crippen molar-refractivity contribution < 1.29 is 4.79 Å². The number of nitrogens with zero attached hydrogens (tertiary/aromatic N) is 3. The van der Waals surface area contributed by atoms with E-state index in [-0.39, 0.29) is 5.91 Å². The van der Waals surface area contributed by atoms with Crippen LogP contribution in [-0.4, -0.2) is 46.9 Å². The van der Waals surface area contributed by atoms with Gasteiger partial charge >= 0.3 is 0 Å². The number of likely N-dealkylation sites (tertiary alicyclic amines) is 1. The number of hydrogen-bond donors (Lipinski definition) is 0. The molecule has 1 aromatic rings. The molecule has 2 rings (SSSR count). The number of hydrogen-bond acceptors (Lipinski definition) is 3. The van der Waals surface area contributed by atoms with Crippen molar-refractivity contribution in [2.45, 2.75) is 25.4 Å². The summed E-state index contributed by atoms with van der Waals surface area (Å²) < 4.78 is 0. The van der Waals surface area contributed by atoms with E-state index in [4.69, 9.17) is 0 Å². The predicted molar refractivity (Wildman–Crippen MR) is 75.5 cm³/mol. The van der Waals surface area contributed by atoms with E-state index in [1.165, 1.54) is 11.6 Å². The molecule has 0 N–H and O–H groups in total. The molecule has 2 heterocycles. The Bertz CT molecular complexity index is 432. The second-order valence-electron chi connectivity index (χ2n) is 5.06. The van der Waals surface area contributed by atoms with E-state index < -0.39 is 0 Å². The van der Waals surface area contributed by atoms with Crippen LogP contribution in [0.15, 0.2) is 37.2 Å². The molecular weight excluding hydrogens is 238 g/mol. The lowest BCUT2D eigenvalue weighted by Gasteiger charge is -2.37. The second-order valence-corrected chi connectivity index (χ2v) is 5.06. The van der Waals surface area contributed by atoms with Crippen molar-refractivity contribution >= 4 is 5.91 Å². The van der Waals surface area contributed by atoms with Gasteiger partial charge in [-0.3, -0.25) is 14.7 Å². The maximum absolute atomic E-state index is 11.7. The van der Waals surface area contributed by atoms with Gasteiger partial charge in [0, 0.05) is 38.1 Å². The zero-order valence-corrected chi connectivity index (χ0v) is 11.5. The number of pyridine rings is 1. The Morgan fingerprint density at radius 3 is 3.21 bits per heavy atom. The molecule has 0 radical (unpaired) electrons. The van der Waals surface area contributed by atoms with Crippen LogP contribution in [0, 0.1) is 0 Å². The van der Waals surface area contributed by atoms with Crippen molar-refractivity contribution in [3.05, 3.63) is 42.7 Å². The van der Waals surface area contributed by atoms with Crippen molar-refractivity contribution in [2.75, 3.05) is 20.1 Å². The van der Waals surface area contributed by atoms with Gasteiger partial charge < -0.3 is 4.90 Å². The highest BCUT2D eigenvalue weighted by Gasteiger charge is 2.24. The largest absolute Gasteiger partial charge is 0.338 e. The van der Waals surface area contributed by atoms with Crippen LogP contribution < -0.4 is 0 Å². The average molecular weight is 259 g/mol. The summed E-state index contributed by atoms with van der Waals surface area (Å²) in [6.45, 7) is 6.07. The minimum Gasteiger partial charge on any atom is -0.338 e. The quantitative estimate of drug-likeness (QED) is 0.772. The van der Waals surface area contributed by atoms with E-state index >= 15 is 0 Å². The summed E-state index contributed by atoms with van der Waals surface area (Å²) in [6, 6.07) is 4.45. The van der Waals surface area contributed by atoms with Gasteiger partial charge in [0.05, 0.1) is 0 Å². The highest BCUT2D eigenvalue weighted by Crippen LogP contribution is 2.17. The van der Waals surface area contributed by atoms with Crippen LogP contribution in [0.25, 0.3) is 0 Å². The lowest BCUT2D eigenvalue weighted by atomic mass is 10.0. The van der Waals surface area contributed by atoms with Gasteiger partial charge in [0.1, 0.15) is 0 Å². The molecular formula is C15H21N3O. The first-order valence-electron chi connectivity index (χ1n) is 6.71. The van der Waals surface area contributed by atoms with Crippen LogP contribution in [0.5, 0.6) is 0 Å². The Morgan fingerprint density at radius 1 is 1.68 bits per heavy atom. The van der Waals surface area contributed by atoms with Crippen LogP contribution in [0.2, 0.25) is 0 Å². The standard InChI is InChI=1S/C15H21N3O/c1-3-15(19)18-9-5-7-14(12-18)17(2)11-13-6-4-8-16-10-13/h3-4,6,8,10,14H,1,5,7,9,11-12H2,2H3/t14-/m1/s1. The SMILES string of the molecule is C=CC(=O)N1CCC[C@@H](N(C)Cc2cccnc2)C1. The number of likely N-dealkylation sites (N-methyl/N-ethyl adjacent to an activating group) is 1. The molecule has 1 amide bonds. The van der Waals surface area contributed by atoms with Crippen LogP contribution in [0.3, 0.4) is 0 Å². The van der Waals surface area contributed by atoms with E-state index in [9.17, 15) is 4.79 Å². The van der Waals surface area contributed by atoms with Crippen molar-refractivity contribution in [1.29, 1.82) is 0 Å². The first kappa shape index (κ1) is 13.7. The molecule has 4 nitrogen and oxygen atoms in total. The lowest BCUT2D eigenvalue weighted by Crippen LogP contribution is -2.47. The molecule has 102 valence electrons.